The highest BCUT2D eigenvalue weighted by atomic mass is 79.9. The van der Waals surface area contributed by atoms with Crippen molar-refractivity contribution in [2.24, 2.45) is 0 Å². The van der Waals surface area contributed by atoms with E-state index in [9.17, 15) is 4.79 Å². The summed E-state index contributed by atoms with van der Waals surface area (Å²) in [6, 6.07) is 21.1. The summed E-state index contributed by atoms with van der Waals surface area (Å²) >= 11 is 3.56. The molecule has 0 spiro atoms. The molecule has 0 fully saturated rings. The molecule has 3 aromatic rings. The monoisotopic (exact) mass is 469 g/mol. The molecule has 0 saturated heterocycles. The first-order chi connectivity index (χ1) is 14.5. The first kappa shape index (κ1) is 21.7. The number of amides is 1. The molecule has 0 atom stereocenters. The number of carbonyl (C=O) groups excluding carboxylic acids is 1. The van der Waals surface area contributed by atoms with E-state index in [1.54, 1.807) is 13.2 Å². The van der Waals surface area contributed by atoms with Gasteiger partial charge >= 0.3 is 0 Å². The molecular formula is C23H24BrN3O3. The van der Waals surface area contributed by atoms with Gasteiger partial charge in [-0.3, -0.25) is 4.79 Å². The molecule has 0 aromatic heterocycles. The lowest BCUT2D eigenvalue weighted by atomic mass is 10.2. The minimum absolute atomic E-state index is 0.121. The van der Waals surface area contributed by atoms with Gasteiger partial charge in [0, 0.05) is 22.4 Å². The van der Waals surface area contributed by atoms with Gasteiger partial charge < -0.3 is 20.2 Å². The van der Waals surface area contributed by atoms with Gasteiger partial charge in [-0.2, -0.15) is 0 Å². The van der Waals surface area contributed by atoms with Crippen LogP contribution in [0.3, 0.4) is 0 Å². The Morgan fingerprint density at radius 1 is 0.967 bits per heavy atom. The number of hydrogen-bond donors (Lipinski definition) is 3. The number of nitrogens with one attached hydrogen (secondary N) is 3. The third-order valence-electron chi connectivity index (χ3n) is 4.31. The summed E-state index contributed by atoms with van der Waals surface area (Å²) in [6.45, 7) is 2.43. The summed E-state index contributed by atoms with van der Waals surface area (Å²) in [7, 11) is 1.57. The number of benzene rings is 3. The molecule has 7 heteroatoms. The number of aryl methyl sites for hydroxylation is 1. The maximum absolute atomic E-state index is 12.2. The molecule has 156 valence electrons. The highest BCUT2D eigenvalue weighted by molar-refractivity contribution is 9.10. The van der Waals surface area contributed by atoms with E-state index in [2.05, 4.69) is 32.1 Å². The molecule has 0 radical (unpaired) electrons. The van der Waals surface area contributed by atoms with Crippen LogP contribution < -0.4 is 25.6 Å². The molecule has 3 aromatic carbocycles. The van der Waals surface area contributed by atoms with Gasteiger partial charge in [-0.25, -0.2) is 5.43 Å². The Morgan fingerprint density at radius 3 is 2.40 bits per heavy atom. The number of hydrazine groups is 1. The first-order valence-electron chi connectivity index (χ1n) is 9.45. The second-order valence-corrected chi connectivity index (χ2v) is 7.50. The van der Waals surface area contributed by atoms with E-state index in [1.165, 1.54) is 0 Å². The second-order valence-electron chi connectivity index (χ2n) is 6.64. The number of hydrogen-bond acceptors (Lipinski definition) is 5. The zero-order chi connectivity index (χ0) is 21.3. The van der Waals surface area contributed by atoms with Crippen LogP contribution in [0, 0.1) is 6.92 Å². The van der Waals surface area contributed by atoms with Crippen LogP contribution >= 0.6 is 15.9 Å². The molecule has 1 amide bonds. The minimum Gasteiger partial charge on any atom is -0.493 e. The van der Waals surface area contributed by atoms with Crippen LogP contribution in [0.25, 0.3) is 0 Å². The zero-order valence-corrected chi connectivity index (χ0v) is 18.5. The van der Waals surface area contributed by atoms with Crippen molar-refractivity contribution in [1.29, 1.82) is 0 Å². The van der Waals surface area contributed by atoms with Crippen molar-refractivity contribution < 1.29 is 14.3 Å². The fourth-order valence-electron chi connectivity index (χ4n) is 2.73. The molecule has 3 rings (SSSR count). The molecule has 3 N–H and O–H groups in total. The highest BCUT2D eigenvalue weighted by Crippen LogP contribution is 2.33. The van der Waals surface area contributed by atoms with Gasteiger partial charge in [0.1, 0.15) is 0 Å². The molecule has 0 heterocycles. The maximum atomic E-state index is 12.2. The number of para-hydroxylation sites is 1. The Labute approximate surface area is 184 Å². The highest BCUT2D eigenvalue weighted by Gasteiger charge is 2.12. The van der Waals surface area contributed by atoms with E-state index in [4.69, 9.17) is 9.47 Å². The summed E-state index contributed by atoms with van der Waals surface area (Å²) < 4.78 is 12.0. The molecule has 0 aliphatic heterocycles. The van der Waals surface area contributed by atoms with Gasteiger partial charge in [0.2, 0.25) is 0 Å². The van der Waals surface area contributed by atoms with Crippen LogP contribution in [0.1, 0.15) is 11.1 Å². The van der Waals surface area contributed by atoms with Gasteiger partial charge in [-0.15, -0.1) is 0 Å². The van der Waals surface area contributed by atoms with Crippen LogP contribution in [-0.4, -0.2) is 19.6 Å². The quantitative estimate of drug-likeness (QED) is 0.388. The number of carbonyl (C=O) groups is 1. The van der Waals surface area contributed by atoms with Crippen molar-refractivity contribution in [1.82, 2.24) is 5.43 Å². The van der Waals surface area contributed by atoms with Crippen LogP contribution in [0.15, 0.2) is 71.2 Å². The molecule has 0 aliphatic rings. The standard InChI is InChI=1S/C23H24BrN3O3/c1-16-8-10-18(11-9-16)26-23(28)15-30-22-13-20(24)17(12-21(22)29-2)14-25-27-19-6-4-3-5-7-19/h3-13,25,27H,14-15H2,1-2H3,(H,26,28). The van der Waals surface area contributed by atoms with Crippen LogP contribution in [0.5, 0.6) is 11.5 Å². The van der Waals surface area contributed by atoms with Crippen LogP contribution in [-0.2, 0) is 11.3 Å². The third-order valence-corrected chi connectivity index (χ3v) is 5.05. The van der Waals surface area contributed by atoms with Crippen molar-refractivity contribution in [3.05, 3.63) is 82.3 Å². The maximum Gasteiger partial charge on any atom is 0.262 e. The van der Waals surface area contributed by atoms with Crippen molar-refractivity contribution in [3.8, 4) is 11.5 Å². The SMILES string of the molecule is COc1cc(CNNc2ccccc2)c(Br)cc1OCC(=O)Nc1ccc(C)cc1. The molecular weight excluding hydrogens is 446 g/mol. The lowest BCUT2D eigenvalue weighted by molar-refractivity contribution is -0.118. The van der Waals surface area contributed by atoms with Crippen LogP contribution in [0.2, 0.25) is 0 Å². The van der Waals surface area contributed by atoms with Gasteiger partial charge in [-0.05, 0) is 48.9 Å². The first-order valence-corrected chi connectivity index (χ1v) is 10.2. The van der Waals surface area contributed by atoms with E-state index < -0.39 is 0 Å². The summed E-state index contributed by atoms with van der Waals surface area (Å²) in [6.07, 6.45) is 0. The van der Waals surface area contributed by atoms with Gasteiger partial charge in [-0.1, -0.05) is 51.8 Å². The molecule has 6 nitrogen and oxygen atoms in total. The Kier molecular flexibility index (Phi) is 7.70. The average Bonchev–Trinajstić information content (AvgIpc) is 2.76. The Morgan fingerprint density at radius 2 is 1.70 bits per heavy atom. The lowest BCUT2D eigenvalue weighted by Crippen LogP contribution is -2.21. The van der Waals surface area contributed by atoms with Crippen LogP contribution in [0.4, 0.5) is 11.4 Å². The Bertz CT molecular complexity index is 979. The summed E-state index contributed by atoms with van der Waals surface area (Å²) in [5, 5.41) is 2.81. The van der Waals surface area contributed by atoms with Crippen molar-refractivity contribution in [3.63, 3.8) is 0 Å². The Balaban J connectivity index is 1.57. The molecule has 0 aliphatic carbocycles. The van der Waals surface area contributed by atoms with E-state index in [0.717, 1.165) is 27.0 Å². The van der Waals surface area contributed by atoms with Crippen molar-refractivity contribution in [2.45, 2.75) is 13.5 Å². The number of halogens is 1. The Hall–Kier alpha value is -3.03. The fourth-order valence-corrected chi connectivity index (χ4v) is 3.19. The van der Waals surface area contributed by atoms with Crippen molar-refractivity contribution >= 4 is 33.2 Å². The van der Waals surface area contributed by atoms with Crippen molar-refractivity contribution in [2.75, 3.05) is 24.5 Å². The summed E-state index contributed by atoms with van der Waals surface area (Å²) in [5.41, 5.74) is 10.1. The lowest BCUT2D eigenvalue weighted by Gasteiger charge is -2.15. The normalized spacial score (nSPS) is 10.4. The number of rotatable bonds is 9. The average molecular weight is 470 g/mol. The van der Waals surface area contributed by atoms with E-state index in [0.29, 0.717) is 18.0 Å². The second kappa shape index (κ2) is 10.7. The topological polar surface area (TPSA) is 71.6 Å². The predicted molar refractivity (Wildman–Crippen MR) is 123 cm³/mol. The van der Waals surface area contributed by atoms with Gasteiger partial charge in [0.15, 0.2) is 18.1 Å². The summed E-state index contributed by atoms with van der Waals surface area (Å²) in [4.78, 5) is 12.2. The van der Waals surface area contributed by atoms with Gasteiger partial charge in [0.25, 0.3) is 5.91 Å². The van der Waals surface area contributed by atoms with E-state index in [-0.39, 0.29) is 12.5 Å². The zero-order valence-electron chi connectivity index (χ0n) is 16.9. The molecule has 0 saturated carbocycles. The summed E-state index contributed by atoms with van der Waals surface area (Å²) in [5.74, 6) is 0.802. The largest absolute Gasteiger partial charge is 0.493 e. The molecule has 30 heavy (non-hydrogen) atoms. The van der Waals surface area contributed by atoms with E-state index in [1.807, 2.05) is 67.6 Å². The number of methoxy groups -OCH3 is 1. The number of anilines is 2. The predicted octanol–water partition coefficient (Wildman–Crippen LogP) is 4.90. The van der Waals surface area contributed by atoms with E-state index >= 15 is 0 Å². The minimum atomic E-state index is -0.241. The smallest absolute Gasteiger partial charge is 0.262 e. The molecule has 0 unspecified atom stereocenters. The fraction of sp³-hybridized carbons (Fsp3) is 0.174. The number of ether oxygens (including phenoxy) is 2. The van der Waals surface area contributed by atoms with Gasteiger partial charge in [0.05, 0.1) is 7.11 Å². The third kappa shape index (κ3) is 6.23. The molecule has 0 bridgehead atoms.